The zero-order valence-electron chi connectivity index (χ0n) is 10.7. The van der Waals surface area contributed by atoms with Gasteiger partial charge in [-0.3, -0.25) is 4.57 Å². The first-order valence-electron chi connectivity index (χ1n) is 6.09. The quantitative estimate of drug-likeness (QED) is 0.642. The molecule has 0 aliphatic rings. The average molecular weight is 293 g/mol. The van der Waals surface area contributed by atoms with Crippen LogP contribution in [0.3, 0.4) is 0 Å². The summed E-state index contributed by atoms with van der Waals surface area (Å²) >= 11 is 5.91. The largest absolute Gasteiger partial charge is 0.295 e. The molecule has 3 rings (SSSR count). The monoisotopic (exact) mass is 292 g/mol. The number of nitrogens with zero attached hydrogens (tertiary/aromatic N) is 2. The van der Waals surface area contributed by atoms with Gasteiger partial charge in [0.15, 0.2) is 0 Å². The third-order valence-corrected chi connectivity index (χ3v) is 3.46. The maximum absolute atomic E-state index is 13.5. The molecule has 0 radical (unpaired) electrons. The second kappa shape index (κ2) is 4.87. The minimum Gasteiger partial charge on any atom is -0.295 e. The van der Waals surface area contributed by atoms with E-state index in [0.29, 0.717) is 22.5 Å². The Bertz CT molecular complexity index is 796. The van der Waals surface area contributed by atoms with Crippen LogP contribution >= 0.6 is 11.6 Å². The molecule has 0 N–H and O–H groups in total. The van der Waals surface area contributed by atoms with Gasteiger partial charge in [0.2, 0.25) is 0 Å². The van der Waals surface area contributed by atoms with Gasteiger partial charge in [-0.25, -0.2) is 13.8 Å². The molecule has 0 saturated carbocycles. The molecule has 0 saturated heterocycles. The van der Waals surface area contributed by atoms with E-state index >= 15 is 0 Å². The lowest BCUT2D eigenvalue weighted by Crippen LogP contribution is -2.02. The lowest BCUT2D eigenvalue weighted by atomic mass is 10.2. The fourth-order valence-corrected chi connectivity index (χ4v) is 2.46. The van der Waals surface area contributed by atoms with Crippen molar-refractivity contribution in [3.8, 4) is 5.69 Å². The van der Waals surface area contributed by atoms with Crippen molar-refractivity contribution in [3.05, 3.63) is 59.4 Å². The third-order valence-electron chi connectivity index (χ3n) is 3.22. The minimum absolute atomic E-state index is 0.159. The number of hydrogen-bond donors (Lipinski definition) is 0. The first-order chi connectivity index (χ1) is 9.60. The molecule has 3 aromatic rings. The first kappa shape index (κ1) is 13.1. The lowest BCUT2D eigenvalue weighted by molar-refractivity contribution is 0.625. The molecule has 0 aliphatic carbocycles. The lowest BCUT2D eigenvalue weighted by Gasteiger charge is -2.11. The van der Waals surface area contributed by atoms with E-state index in [9.17, 15) is 8.78 Å². The predicted molar refractivity (Wildman–Crippen MR) is 75.3 cm³/mol. The average Bonchev–Trinajstić information content (AvgIpc) is 2.79. The van der Waals surface area contributed by atoms with Gasteiger partial charge in [-0.05, 0) is 36.8 Å². The summed E-state index contributed by atoms with van der Waals surface area (Å²) in [5, 5.41) is 0. The number of halogens is 3. The summed E-state index contributed by atoms with van der Waals surface area (Å²) in [7, 11) is 0. The second-order valence-corrected chi connectivity index (χ2v) is 4.83. The molecular formula is C15H11ClF2N2. The van der Waals surface area contributed by atoms with Gasteiger partial charge in [0.25, 0.3) is 0 Å². The number of alkyl halides is 1. The van der Waals surface area contributed by atoms with Crippen LogP contribution in [0.2, 0.25) is 0 Å². The van der Waals surface area contributed by atoms with Crippen LogP contribution < -0.4 is 0 Å². The van der Waals surface area contributed by atoms with Crippen LogP contribution in [0.25, 0.3) is 16.7 Å². The number of aromatic nitrogens is 2. The van der Waals surface area contributed by atoms with E-state index in [1.807, 2.05) is 6.92 Å². The Balaban J connectivity index is 2.39. The summed E-state index contributed by atoms with van der Waals surface area (Å²) < 4.78 is 28.7. The van der Waals surface area contributed by atoms with Crippen molar-refractivity contribution in [2.24, 2.45) is 0 Å². The highest BCUT2D eigenvalue weighted by atomic mass is 35.5. The summed E-state index contributed by atoms with van der Waals surface area (Å²) in [5.41, 5.74) is 2.69. The van der Waals surface area contributed by atoms with E-state index in [2.05, 4.69) is 4.98 Å². The van der Waals surface area contributed by atoms with Gasteiger partial charge >= 0.3 is 0 Å². The molecule has 0 aliphatic heterocycles. The maximum Gasteiger partial charge on any atom is 0.129 e. The van der Waals surface area contributed by atoms with Crippen molar-refractivity contribution in [2.45, 2.75) is 12.8 Å². The van der Waals surface area contributed by atoms with Crippen LogP contribution in [0.1, 0.15) is 11.4 Å². The highest BCUT2D eigenvalue weighted by Gasteiger charge is 2.14. The molecule has 0 atom stereocenters. The Morgan fingerprint density at radius 2 is 1.80 bits per heavy atom. The molecule has 0 amide bonds. The summed E-state index contributed by atoms with van der Waals surface area (Å²) in [5.74, 6) is -0.00845. The van der Waals surface area contributed by atoms with Crippen molar-refractivity contribution >= 4 is 22.6 Å². The Labute approximate surface area is 119 Å². The standard InChI is InChI=1S/C15H11ClF2N2/c1-9-2-3-10(17)6-13(9)20-14-7-11(18)4-5-12(14)19-15(20)8-16/h2-7H,8H2,1H3. The molecule has 1 aromatic heterocycles. The molecule has 2 nitrogen and oxygen atoms in total. The summed E-state index contributed by atoms with van der Waals surface area (Å²) in [4.78, 5) is 4.36. The Kier molecular flexibility index (Phi) is 3.18. The number of aryl methyl sites for hydroxylation is 1. The number of fused-ring (bicyclic) bond motifs is 1. The van der Waals surface area contributed by atoms with E-state index in [-0.39, 0.29) is 17.5 Å². The fraction of sp³-hybridized carbons (Fsp3) is 0.133. The van der Waals surface area contributed by atoms with E-state index in [1.54, 1.807) is 16.7 Å². The van der Waals surface area contributed by atoms with Crippen molar-refractivity contribution in [1.82, 2.24) is 9.55 Å². The fourth-order valence-electron chi connectivity index (χ4n) is 2.28. The van der Waals surface area contributed by atoms with Crippen LogP contribution in [-0.4, -0.2) is 9.55 Å². The summed E-state index contributed by atoms with van der Waals surface area (Å²) in [6, 6.07) is 8.77. The van der Waals surface area contributed by atoms with Crippen LogP contribution in [0.15, 0.2) is 36.4 Å². The predicted octanol–water partition coefficient (Wildman–Crippen LogP) is 4.35. The van der Waals surface area contributed by atoms with E-state index in [0.717, 1.165) is 5.56 Å². The zero-order chi connectivity index (χ0) is 14.3. The minimum atomic E-state index is -0.367. The highest BCUT2D eigenvalue weighted by Crippen LogP contribution is 2.26. The Morgan fingerprint density at radius 1 is 1.10 bits per heavy atom. The topological polar surface area (TPSA) is 17.8 Å². The number of benzene rings is 2. The van der Waals surface area contributed by atoms with Crippen molar-refractivity contribution in [1.29, 1.82) is 0 Å². The zero-order valence-corrected chi connectivity index (χ0v) is 11.5. The van der Waals surface area contributed by atoms with Crippen LogP contribution in [0.4, 0.5) is 8.78 Å². The molecule has 102 valence electrons. The number of rotatable bonds is 2. The van der Waals surface area contributed by atoms with Gasteiger partial charge in [0.05, 0.1) is 22.6 Å². The van der Waals surface area contributed by atoms with Crippen LogP contribution in [0.5, 0.6) is 0 Å². The van der Waals surface area contributed by atoms with Gasteiger partial charge in [-0.2, -0.15) is 0 Å². The molecular weight excluding hydrogens is 282 g/mol. The highest BCUT2D eigenvalue weighted by molar-refractivity contribution is 6.17. The SMILES string of the molecule is Cc1ccc(F)cc1-n1c(CCl)nc2ccc(F)cc21. The molecule has 5 heteroatoms. The molecule has 0 spiro atoms. The van der Waals surface area contributed by atoms with Crippen molar-refractivity contribution in [3.63, 3.8) is 0 Å². The van der Waals surface area contributed by atoms with Gasteiger partial charge < -0.3 is 0 Å². The van der Waals surface area contributed by atoms with E-state index < -0.39 is 0 Å². The molecule has 2 aromatic carbocycles. The summed E-state index contributed by atoms with van der Waals surface area (Å²) in [6.45, 7) is 1.86. The van der Waals surface area contributed by atoms with E-state index in [1.165, 1.54) is 24.3 Å². The van der Waals surface area contributed by atoms with Gasteiger partial charge in [-0.1, -0.05) is 6.07 Å². The normalized spacial score (nSPS) is 11.2. The van der Waals surface area contributed by atoms with Gasteiger partial charge in [0, 0.05) is 6.07 Å². The molecule has 0 fully saturated rings. The molecule has 0 unspecified atom stereocenters. The number of hydrogen-bond acceptors (Lipinski definition) is 1. The van der Waals surface area contributed by atoms with Gasteiger partial charge in [0.1, 0.15) is 17.5 Å². The maximum atomic E-state index is 13.5. The van der Waals surface area contributed by atoms with Crippen molar-refractivity contribution < 1.29 is 8.78 Å². The second-order valence-electron chi connectivity index (χ2n) is 4.56. The smallest absolute Gasteiger partial charge is 0.129 e. The molecule has 1 heterocycles. The van der Waals surface area contributed by atoms with E-state index in [4.69, 9.17) is 11.6 Å². The van der Waals surface area contributed by atoms with Crippen molar-refractivity contribution in [2.75, 3.05) is 0 Å². The number of imidazole rings is 1. The molecule has 0 bridgehead atoms. The van der Waals surface area contributed by atoms with Crippen LogP contribution in [0, 0.1) is 18.6 Å². The van der Waals surface area contributed by atoms with Gasteiger partial charge in [-0.15, -0.1) is 11.6 Å². The molecule has 20 heavy (non-hydrogen) atoms. The Morgan fingerprint density at radius 3 is 2.55 bits per heavy atom. The third kappa shape index (κ3) is 2.06. The summed E-state index contributed by atoms with van der Waals surface area (Å²) in [6.07, 6.45) is 0. The first-order valence-corrected chi connectivity index (χ1v) is 6.63. The Hall–Kier alpha value is -1.94. The van der Waals surface area contributed by atoms with Crippen LogP contribution in [-0.2, 0) is 5.88 Å².